The van der Waals surface area contributed by atoms with Gasteiger partial charge >= 0.3 is 0 Å². The van der Waals surface area contributed by atoms with Gasteiger partial charge in [0.1, 0.15) is 11.4 Å². The van der Waals surface area contributed by atoms with Crippen molar-refractivity contribution in [2.45, 2.75) is 13.8 Å². The van der Waals surface area contributed by atoms with E-state index in [0.717, 1.165) is 17.1 Å². The van der Waals surface area contributed by atoms with E-state index in [1.807, 2.05) is 13.8 Å². The molecular weight excluding hydrogens is 214 g/mol. The summed E-state index contributed by atoms with van der Waals surface area (Å²) in [5.74, 6) is 0. The van der Waals surface area contributed by atoms with E-state index in [9.17, 15) is 0 Å². The van der Waals surface area contributed by atoms with E-state index in [-0.39, 0.29) is 0 Å². The van der Waals surface area contributed by atoms with Gasteiger partial charge in [0.2, 0.25) is 0 Å². The Morgan fingerprint density at radius 1 is 1.20 bits per heavy atom. The molecule has 0 bridgehead atoms. The van der Waals surface area contributed by atoms with E-state index >= 15 is 0 Å². The summed E-state index contributed by atoms with van der Waals surface area (Å²) in [6.07, 6.45) is 1.62. The van der Waals surface area contributed by atoms with E-state index in [0.29, 0.717) is 10.8 Å². The Bertz CT molecular complexity index is 505. The standard InChI is InChI=1S/C9H10ClN5/c1-5-6(2)13-9(10)8(12-5)7-4-11-14-15(7)3/h4H,1-3H3. The van der Waals surface area contributed by atoms with Crippen LogP contribution in [0.3, 0.4) is 0 Å². The Morgan fingerprint density at radius 3 is 2.47 bits per heavy atom. The predicted octanol–water partition coefficient (Wildman–Crippen LogP) is 1.54. The summed E-state index contributed by atoms with van der Waals surface area (Å²) in [6, 6.07) is 0. The van der Waals surface area contributed by atoms with Gasteiger partial charge in [-0.25, -0.2) is 14.6 Å². The van der Waals surface area contributed by atoms with Crippen LogP contribution in [0.1, 0.15) is 11.4 Å². The molecule has 0 atom stereocenters. The summed E-state index contributed by atoms with van der Waals surface area (Å²) in [5.41, 5.74) is 3.07. The fourth-order valence-corrected chi connectivity index (χ4v) is 1.51. The molecule has 0 N–H and O–H groups in total. The number of hydrogen-bond donors (Lipinski definition) is 0. The van der Waals surface area contributed by atoms with Crippen LogP contribution in [-0.4, -0.2) is 25.0 Å². The minimum absolute atomic E-state index is 0.378. The molecule has 2 heterocycles. The Morgan fingerprint density at radius 2 is 1.87 bits per heavy atom. The molecule has 0 saturated carbocycles. The van der Waals surface area contributed by atoms with Crippen LogP contribution in [-0.2, 0) is 7.05 Å². The van der Waals surface area contributed by atoms with Crippen molar-refractivity contribution < 1.29 is 0 Å². The van der Waals surface area contributed by atoms with Gasteiger partial charge in [0.05, 0.1) is 17.6 Å². The monoisotopic (exact) mass is 223 g/mol. The van der Waals surface area contributed by atoms with E-state index in [1.54, 1.807) is 17.9 Å². The van der Waals surface area contributed by atoms with Gasteiger partial charge in [-0.05, 0) is 13.8 Å². The molecule has 0 spiro atoms. The number of rotatable bonds is 1. The lowest BCUT2D eigenvalue weighted by Gasteiger charge is -2.05. The van der Waals surface area contributed by atoms with Crippen LogP contribution >= 0.6 is 11.6 Å². The molecule has 0 radical (unpaired) electrons. The fourth-order valence-electron chi connectivity index (χ4n) is 1.24. The summed E-state index contributed by atoms with van der Waals surface area (Å²) in [6.45, 7) is 3.77. The topological polar surface area (TPSA) is 56.5 Å². The lowest BCUT2D eigenvalue weighted by Crippen LogP contribution is -2.00. The third-order valence-corrected chi connectivity index (χ3v) is 2.48. The summed E-state index contributed by atoms with van der Waals surface area (Å²) in [7, 11) is 1.79. The van der Waals surface area contributed by atoms with Crippen molar-refractivity contribution in [3.8, 4) is 11.4 Å². The van der Waals surface area contributed by atoms with E-state index in [1.165, 1.54) is 0 Å². The quantitative estimate of drug-likeness (QED) is 0.736. The van der Waals surface area contributed by atoms with Gasteiger partial charge in [0.25, 0.3) is 0 Å². The highest BCUT2D eigenvalue weighted by Crippen LogP contribution is 2.23. The van der Waals surface area contributed by atoms with E-state index in [2.05, 4.69) is 20.3 Å². The maximum Gasteiger partial charge on any atom is 0.157 e. The molecule has 5 nitrogen and oxygen atoms in total. The summed E-state index contributed by atoms with van der Waals surface area (Å²) >= 11 is 6.02. The van der Waals surface area contributed by atoms with Crippen LogP contribution in [0.2, 0.25) is 5.15 Å². The largest absolute Gasteiger partial charge is 0.246 e. The van der Waals surface area contributed by atoms with Crippen molar-refractivity contribution in [1.82, 2.24) is 25.0 Å². The van der Waals surface area contributed by atoms with E-state index in [4.69, 9.17) is 11.6 Å². The Kier molecular flexibility index (Phi) is 2.40. The Balaban J connectivity index is 2.64. The van der Waals surface area contributed by atoms with Crippen LogP contribution in [0, 0.1) is 13.8 Å². The first kappa shape index (κ1) is 10.0. The second kappa shape index (κ2) is 3.58. The van der Waals surface area contributed by atoms with Crippen LogP contribution in [0.25, 0.3) is 11.4 Å². The maximum atomic E-state index is 6.02. The van der Waals surface area contributed by atoms with Crippen LogP contribution < -0.4 is 0 Å². The predicted molar refractivity (Wildman–Crippen MR) is 56.5 cm³/mol. The molecule has 78 valence electrons. The number of halogens is 1. The first-order valence-electron chi connectivity index (χ1n) is 4.45. The molecule has 0 aliphatic heterocycles. The zero-order valence-electron chi connectivity index (χ0n) is 8.69. The number of hydrogen-bond acceptors (Lipinski definition) is 4. The molecule has 6 heteroatoms. The van der Waals surface area contributed by atoms with Crippen LogP contribution in [0.4, 0.5) is 0 Å². The second-order valence-corrected chi connectivity index (χ2v) is 3.63. The minimum atomic E-state index is 0.378. The van der Waals surface area contributed by atoms with Gasteiger partial charge in [-0.2, -0.15) is 0 Å². The zero-order valence-corrected chi connectivity index (χ0v) is 9.45. The minimum Gasteiger partial charge on any atom is -0.246 e. The molecule has 0 fully saturated rings. The van der Waals surface area contributed by atoms with Crippen molar-refractivity contribution >= 4 is 11.6 Å². The summed E-state index contributed by atoms with van der Waals surface area (Å²) in [4.78, 5) is 8.58. The first-order valence-corrected chi connectivity index (χ1v) is 4.83. The summed E-state index contributed by atoms with van der Waals surface area (Å²) < 4.78 is 1.62. The highest BCUT2D eigenvalue weighted by atomic mass is 35.5. The van der Waals surface area contributed by atoms with Crippen LogP contribution in [0.5, 0.6) is 0 Å². The third-order valence-electron chi connectivity index (χ3n) is 2.22. The molecule has 0 aliphatic carbocycles. The smallest absolute Gasteiger partial charge is 0.157 e. The van der Waals surface area contributed by atoms with Crippen molar-refractivity contribution in [2.75, 3.05) is 0 Å². The maximum absolute atomic E-state index is 6.02. The van der Waals surface area contributed by atoms with E-state index < -0.39 is 0 Å². The molecule has 15 heavy (non-hydrogen) atoms. The summed E-state index contributed by atoms with van der Waals surface area (Å²) in [5, 5.41) is 7.98. The Labute approximate surface area is 92.1 Å². The third kappa shape index (κ3) is 1.70. The molecule has 2 aromatic rings. The number of aryl methyl sites for hydroxylation is 3. The van der Waals surface area contributed by atoms with Gasteiger partial charge in [-0.3, -0.25) is 0 Å². The van der Waals surface area contributed by atoms with Crippen molar-refractivity contribution in [3.05, 3.63) is 22.7 Å². The van der Waals surface area contributed by atoms with Gasteiger partial charge < -0.3 is 0 Å². The fraction of sp³-hybridized carbons (Fsp3) is 0.333. The first-order chi connectivity index (χ1) is 7.09. The van der Waals surface area contributed by atoms with Gasteiger partial charge in [-0.15, -0.1) is 5.10 Å². The molecular formula is C9H10ClN5. The molecule has 0 amide bonds. The highest BCUT2D eigenvalue weighted by Gasteiger charge is 2.12. The van der Waals surface area contributed by atoms with Crippen LogP contribution in [0.15, 0.2) is 6.20 Å². The van der Waals surface area contributed by atoms with Gasteiger partial charge in [-0.1, -0.05) is 16.8 Å². The highest BCUT2D eigenvalue weighted by molar-refractivity contribution is 6.31. The molecule has 2 aromatic heterocycles. The lowest BCUT2D eigenvalue weighted by atomic mass is 10.3. The zero-order chi connectivity index (χ0) is 11.0. The number of aromatic nitrogens is 5. The van der Waals surface area contributed by atoms with Gasteiger partial charge in [0, 0.05) is 7.05 Å². The number of nitrogens with zero attached hydrogens (tertiary/aromatic N) is 5. The molecule has 2 rings (SSSR count). The second-order valence-electron chi connectivity index (χ2n) is 3.28. The van der Waals surface area contributed by atoms with Crippen molar-refractivity contribution in [1.29, 1.82) is 0 Å². The van der Waals surface area contributed by atoms with Gasteiger partial charge in [0.15, 0.2) is 5.15 Å². The van der Waals surface area contributed by atoms with Crippen molar-refractivity contribution in [2.24, 2.45) is 7.05 Å². The average Bonchev–Trinajstić information content (AvgIpc) is 2.58. The Hall–Kier alpha value is -1.49. The molecule has 0 saturated heterocycles. The SMILES string of the molecule is Cc1nc(Cl)c(-c2cnnn2C)nc1C. The average molecular weight is 224 g/mol. The molecule has 0 aliphatic rings. The lowest BCUT2D eigenvalue weighted by molar-refractivity contribution is 0.718. The van der Waals surface area contributed by atoms with Crippen molar-refractivity contribution in [3.63, 3.8) is 0 Å². The normalized spacial score (nSPS) is 10.7. The molecule has 0 unspecified atom stereocenters. The molecule has 0 aromatic carbocycles.